The SMILES string of the molecule is CCOc1ccc(C(=O)N(C)C(CN)C2CC2)cc1. The number of amides is 1. The van der Waals surface area contributed by atoms with Crippen molar-refractivity contribution in [3.05, 3.63) is 29.8 Å². The summed E-state index contributed by atoms with van der Waals surface area (Å²) >= 11 is 0. The zero-order valence-electron chi connectivity index (χ0n) is 11.6. The maximum atomic E-state index is 12.4. The Morgan fingerprint density at radius 1 is 1.42 bits per heavy atom. The van der Waals surface area contributed by atoms with E-state index in [1.807, 2.05) is 38.2 Å². The highest BCUT2D eigenvalue weighted by molar-refractivity contribution is 5.94. The van der Waals surface area contributed by atoms with Crippen LogP contribution in [0.5, 0.6) is 5.75 Å². The van der Waals surface area contributed by atoms with Crippen LogP contribution in [0.3, 0.4) is 0 Å². The van der Waals surface area contributed by atoms with Gasteiger partial charge in [-0.3, -0.25) is 4.79 Å². The van der Waals surface area contributed by atoms with Gasteiger partial charge in [0.05, 0.1) is 6.61 Å². The summed E-state index contributed by atoms with van der Waals surface area (Å²) < 4.78 is 5.37. The summed E-state index contributed by atoms with van der Waals surface area (Å²) in [6.07, 6.45) is 2.37. The van der Waals surface area contributed by atoms with Gasteiger partial charge in [-0.25, -0.2) is 0 Å². The average Bonchev–Trinajstić information content (AvgIpc) is 3.24. The third kappa shape index (κ3) is 3.26. The van der Waals surface area contributed by atoms with Crippen LogP contribution in [-0.2, 0) is 0 Å². The Bertz CT molecular complexity index is 426. The summed E-state index contributed by atoms with van der Waals surface area (Å²) in [5.74, 6) is 1.41. The number of hydrogen-bond acceptors (Lipinski definition) is 3. The van der Waals surface area contributed by atoms with Gasteiger partial charge in [0, 0.05) is 25.2 Å². The van der Waals surface area contributed by atoms with E-state index in [1.54, 1.807) is 4.90 Å². The first-order valence-corrected chi connectivity index (χ1v) is 6.87. The molecule has 0 spiro atoms. The zero-order valence-corrected chi connectivity index (χ0v) is 11.6. The molecule has 2 N–H and O–H groups in total. The summed E-state index contributed by atoms with van der Waals surface area (Å²) in [6, 6.07) is 7.45. The predicted molar refractivity (Wildman–Crippen MR) is 75.3 cm³/mol. The number of ether oxygens (including phenoxy) is 1. The second-order valence-corrected chi connectivity index (χ2v) is 5.01. The molecule has 1 aromatic carbocycles. The number of carbonyl (C=O) groups excluding carboxylic acids is 1. The molecule has 1 aliphatic rings. The summed E-state index contributed by atoms with van der Waals surface area (Å²) in [6.45, 7) is 3.10. The molecule has 4 heteroatoms. The summed E-state index contributed by atoms with van der Waals surface area (Å²) in [5.41, 5.74) is 6.47. The van der Waals surface area contributed by atoms with Crippen molar-refractivity contribution in [2.45, 2.75) is 25.8 Å². The van der Waals surface area contributed by atoms with Gasteiger partial charge in [-0.1, -0.05) is 0 Å². The Labute approximate surface area is 114 Å². The Hall–Kier alpha value is -1.55. The number of carbonyl (C=O) groups is 1. The van der Waals surface area contributed by atoms with Crippen LogP contribution >= 0.6 is 0 Å². The van der Waals surface area contributed by atoms with E-state index in [0.717, 1.165) is 5.75 Å². The van der Waals surface area contributed by atoms with Crippen LogP contribution in [-0.4, -0.2) is 37.0 Å². The van der Waals surface area contributed by atoms with Crippen LogP contribution in [0.15, 0.2) is 24.3 Å². The standard InChI is InChI=1S/C15H22N2O2/c1-3-19-13-8-6-12(7-9-13)15(18)17(2)14(10-16)11-4-5-11/h6-9,11,14H,3-5,10,16H2,1-2H3. The lowest BCUT2D eigenvalue weighted by Crippen LogP contribution is -2.43. The van der Waals surface area contributed by atoms with Crippen LogP contribution < -0.4 is 10.5 Å². The molecule has 104 valence electrons. The number of nitrogens with zero attached hydrogens (tertiary/aromatic N) is 1. The van der Waals surface area contributed by atoms with Gasteiger partial charge in [0.2, 0.25) is 0 Å². The third-order valence-electron chi connectivity index (χ3n) is 3.64. The molecule has 0 heterocycles. The lowest BCUT2D eigenvalue weighted by molar-refractivity contribution is 0.0718. The summed E-state index contributed by atoms with van der Waals surface area (Å²) in [4.78, 5) is 14.2. The molecular formula is C15H22N2O2. The Morgan fingerprint density at radius 3 is 2.53 bits per heavy atom. The van der Waals surface area contributed by atoms with E-state index in [0.29, 0.717) is 24.6 Å². The third-order valence-corrected chi connectivity index (χ3v) is 3.64. The average molecular weight is 262 g/mol. The van der Waals surface area contributed by atoms with Crippen molar-refractivity contribution < 1.29 is 9.53 Å². The first-order chi connectivity index (χ1) is 9.17. The van der Waals surface area contributed by atoms with Crippen LogP contribution in [0.2, 0.25) is 0 Å². The molecule has 4 nitrogen and oxygen atoms in total. The van der Waals surface area contributed by atoms with Gasteiger partial charge >= 0.3 is 0 Å². The van der Waals surface area contributed by atoms with E-state index in [9.17, 15) is 4.79 Å². The Morgan fingerprint density at radius 2 is 2.05 bits per heavy atom. The molecule has 0 aliphatic heterocycles. The van der Waals surface area contributed by atoms with E-state index in [1.165, 1.54) is 12.8 Å². The highest BCUT2D eigenvalue weighted by Crippen LogP contribution is 2.34. The van der Waals surface area contributed by atoms with Crippen LogP contribution in [0.25, 0.3) is 0 Å². The summed E-state index contributed by atoms with van der Waals surface area (Å²) in [5, 5.41) is 0. The molecule has 19 heavy (non-hydrogen) atoms. The Kier molecular flexibility index (Phi) is 4.43. The normalized spacial score (nSPS) is 15.9. The lowest BCUT2D eigenvalue weighted by Gasteiger charge is -2.27. The van der Waals surface area contributed by atoms with Gasteiger partial charge in [-0.15, -0.1) is 0 Å². The quantitative estimate of drug-likeness (QED) is 0.852. The smallest absolute Gasteiger partial charge is 0.253 e. The van der Waals surface area contributed by atoms with Crippen LogP contribution in [0.1, 0.15) is 30.1 Å². The number of nitrogens with two attached hydrogens (primary N) is 1. The number of likely N-dealkylation sites (N-methyl/N-ethyl adjacent to an activating group) is 1. The van der Waals surface area contributed by atoms with Crippen LogP contribution in [0.4, 0.5) is 0 Å². The van der Waals surface area contributed by atoms with E-state index in [4.69, 9.17) is 10.5 Å². The van der Waals surface area contributed by atoms with Crippen LogP contribution in [0, 0.1) is 5.92 Å². The maximum Gasteiger partial charge on any atom is 0.253 e. The highest BCUT2D eigenvalue weighted by atomic mass is 16.5. The topological polar surface area (TPSA) is 55.6 Å². The van der Waals surface area contributed by atoms with Crippen molar-refractivity contribution in [2.24, 2.45) is 11.7 Å². The molecule has 1 saturated carbocycles. The molecule has 1 unspecified atom stereocenters. The van der Waals surface area contributed by atoms with Crippen molar-refractivity contribution in [3.8, 4) is 5.75 Å². The van der Waals surface area contributed by atoms with Gasteiger partial charge in [0.15, 0.2) is 0 Å². The first-order valence-electron chi connectivity index (χ1n) is 6.87. The van der Waals surface area contributed by atoms with Gasteiger partial charge in [-0.2, -0.15) is 0 Å². The highest BCUT2D eigenvalue weighted by Gasteiger charge is 2.34. The minimum Gasteiger partial charge on any atom is -0.494 e. The molecule has 1 amide bonds. The second kappa shape index (κ2) is 6.06. The van der Waals surface area contributed by atoms with Crippen molar-refractivity contribution in [2.75, 3.05) is 20.2 Å². The Balaban J connectivity index is 2.05. The van der Waals surface area contributed by atoms with Crippen molar-refractivity contribution in [3.63, 3.8) is 0 Å². The molecule has 0 bridgehead atoms. The minimum atomic E-state index is 0.0328. The first kappa shape index (κ1) is 13.9. The molecule has 1 fully saturated rings. The molecular weight excluding hydrogens is 240 g/mol. The van der Waals surface area contributed by atoms with Gasteiger partial charge in [-0.05, 0) is 49.9 Å². The second-order valence-electron chi connectivity index (χ2n) is 5.01. The molecule has 0 radical (unpaired) electrons. The van der Waals surface area contributed by atoms with Crippen molar-refractivity contribution >= 4 is 5.91 Å². The molecule has 1 aliphatic carbocycles. The molecule has 2 rings (SSSR count). The molecule has 1 aromatic rings. The van der Waals surface area contributed by atoms with Gasteiger partial charge < -0.3 is 15.4 Å². The van der Waals surface area contributed by atoms with E-state index in [-0.39, 0.29) is 11.9 Å². The number of benzene rings is 1. The van der Waals surface area contributed by atoms with Crippen molar-refractivity contribution in [1.82, 2.24) is 4.90 Å². The molecule has 0 saturated heterocycles. The predicted octanol–water partition coefficient (Wildman–Crippen LogP) is 1.89. The monoisotopic (exact) mass is 262 g/mol. The van der Waals surface area contributed by atoms with Crippen molar-refractivity contribution in [1.29, 1.82) is 0 Å². The van der Waals surface area contributed by atoms with E-state index >= 15 is 0 Å². The fraction of sp³-hybridized carbons (Fsp3) is 0.533. The number of rotatable bonds is 6. The largest absolute Gasteiger partial charge is 0.494 e. The summed E-state index contributed by atoms with van der Waals surface area (Å²) in [7, 11) is 1.84. The van der Waals surface area contributed by atoms with Gasteiger partial charge in [0.25, 0.3) is 5.91 Å². The molecule has 0 aromatic heterocycles. The minimum absolute atomic E-state index is 0.0328. The zero-order chi connectivity index (χ0) is 13.8. The molecule has 1 atom stereocenters. The number of hydrogen-bond donors (Lipinski definition) is 1. The lowest BCUT2D eigenvalue weighted by atomic mass is 10.1. The maximum absolute atomic E-state index is 12.4. The fourth-order valence-electron chi connectivity index (χ4n) is 2.36. The fourth-order valence-corrected chi connectivity index (χ4v) is 2.36. The van der Waals surface area contributed by atoms with Gasteiger partial charge in [0.1, 0.15) is 5.75 Å². The van der Waals surface area contributed by atoms with E-state index in [2.05, 4.69) is 0 Å². The van der Waals surface area contributed by atoms with E-state index < -0.39 is 0 Å².